The third-order valence-corrected chi connectivity index (χ3v) is 2.70. The summed E-state index contributed by atoms with van der Waals surface area (Å²) in [6.07, 6.45) is 0. The number of carbonyl (C=O) groups excluding carboxylic acids is 1. The lowest BCUT2D eigenvalue weighted by molar-refractivity contribution is -0.384. The average molecular weight is 261 g/mol. The maximum Gasteiger partial charge on any atom is 0.269 e. The molecule has 0 amide bonds. The van der Waals surface area contributed by atoms with Gasteiger partial charge in [-0.2, -0.15) is 4.73 Å². The molecule has 0 aliphatic rings. The molecule has 7 heteroatoms. The monoisotopic (exact) mass is 261 g/mol. The summed E-state index contributed by atoms with van der Waals surface area (Å²) in [5.41, 5.74) is 0.948. The Morgan fingerprint density at radius 3 is 2.37 bits per heavy atom. The standard InChI is InChI=1S/C12H11N3O4/c1-7-11(8(2)16)14(17)12(13-7)9-3-5-10(6-4-9)15(18)19/h3-6,17H,1-2H3. The molecule has 0 bridgehead atoms. The first-order valence-electron chi connectivity index (χ1n) is 5.46. The van der Waals surface area contributed by atoms with E-state index in [0.717, 1.165) is 0 Å². The number of nitrogens with zero attached hydrogens (tertiary/aromatic N) is 3. The van der Waals surface area contributed by atoms with Crippen molar-refractivity contribution in [3.8, 4) is 11.4 Å². The summed E-state index contributed by atoms with van der Waals surface area (Å²) in [7, 11) is 0. The van der Waals surface area contributed by atoms with Gasteiger partial charge in [-0.05, 0) is 19.1 Å². The van der Waals surface area contributed by atoms with Gasteiger partial charge in [-0.25, -0.2) is 4.98 Å². The van der Waals surface area contributed by atoms with E-state index in [1.54, 1.807) is 6.92 Å². The van der Waals surface area contributed by atoms with Crippen LogP contribution in [0.5, 0.6) is 0 Å². The molecule has 2 rings (SSSR count). The topological polar surface area (TPSA) is 98.3 Å². The Kier molecular flexibility index (Phi) is 3.04. The Hall–Kier alpha value is -2.70. The summed E-state index contributed by atoms with van der Waals surface area (Å²) in [4.78, 5) is 25.5. The van der Waals surface area contributed by atoms with E-state index < -0.39 is 4.92 Å². The highest BCUT2D eigenvalue weighted by atomic mass is 16.6. The van der Waals surface area contributed by atoms with Crippen LogP contribution in [0.4, 0.5) is 5.69 Å². The molecule has 1 N–H and O–H groups in total. The van der Waals surface area contributed by atoms with Crippen LogP contribution in [-0.4, -0.2) is 25.6 Å². The van der Waals surface area contributed by atoms with Crippen LogP contribution in [0, 0.1) is 17.0 Å². The molecule has 0 aliphatic heterocycles. The van der Waals surface area contributed by atoms with Gasteiger partial charge in [0, 0.05) is 24.6 Å². The third-order valence-electron chi connectivity index (χ3n) is 2.70. The number of Topliss-reactive ketones (excluding diaryl/α,β-unsaturated/α-hetero) is 1. The fraction of sp³-hybridized carbons (Fsp3) is 0.167. The molecule has 0 spiro atoms. The number of hydrogen-bond acceptors (Lipinski definition) is 5. The SMILES string of the molecule is CC(=O)c1c(C)nc(-c2ccc([N+](=O)[O-])cc2)n1O. The van der Waals surface area contributed by atoms with Gasteiger partial charge in [-0.1, -0.05) is 0 Å². The fourth-order valence-electron chi connectivity index (χ4n) is 1.84. The largest absolute Gasteiger partial charge is 0.426 e. The van der Waals surface area contributed by atoms with Crippen LogP contribution in [0.2, 0.25) is 0 Å². The molecule has 0 aliphatic carbocycles. The zero-order valence-corrected chi connectivity index (χ0v) is 10.3. The lowest BCUT2D eigenvalue weighted by Crippen LogP contribution is -2.05. The maximum absolute atomic E-state index is 11.4. The predicted octanol–water partition coefficient (Wildman–Crippen LogP) is 2.21. The van der Waals surface area contributed by atoms with Gasteiger partial charge in [0.15, 0.2) is 11.6 Å². The number of benzene rings is 1. The number of nitro benzene ring substituents is 1. The Morgan fingerprint density at radius 1 is 1.37 bits per heavy atom. The van der Waals surface area contributed by atoms with Crippen molar-refractivity contribution < 1.29 is 14.9 Å². The maximum atomic E-state index is 11.4. The highest BCUT2D eigenvalue weighted by Gasteiger charge is 2.19. The summed E-state index contributed by atoms with van der Waals surface area (Å²) < 4.78 is 0.707. The highest BCUT2D eigenvalue weighted by molar-refractivity contribution is 5.94. The molecule has 19 heavy (non-hydrogen) atoms. The van der Waals surface area contributed by atoms with E-state index in [2.05, 4.69) is 4.98 Å². The number of ketones is 1. The molecule has 1 aromatic heterocycles. The molecule has 0 radical (unpaired) electrons. The third kappa shape index (κ3) is 2.17. The van der Waals surface area contributed by atoms with E-state index >= 15 is 0 Å². The number of imidazole rings is 1. The first-order chi connectivity index (χ1) is 8.91. The van der Waals surface area contributed by atoms with E-state index in [4.69, 9.17) is 0 Å². The summed E-state index contributed by atoms with van der Waals surface area (Å²) >= 11 is 0. The van der Waals surface area contributed by atoms with Crippen molar-refractivity contribution in [3.05, 3.63) is 45.8 Å². The van der Waals surface area contributed by atoms with Crippen molar-refractivity contribution in [2.45, 2.75) is 13.8 Å². The van der Waals surface area contributed by atoms with Gasteiger partial charge in [0.25, 0.3) is 5.69 Å². The van der Waals surface area contributed by atoms with Crippen molar-refractivity contribution in [1.29, 1.82) is 0 Å². The summed E-state index contributed by atoms with van der Waals surface area (Å²) in [5, 5.41) is 20.5. The minimum Gasteiger partial charge on any atom is -0.426 e. The Bertz CT molecular complexity index is 658. The zero-order chi connectivity index (χ0) is 14.2. The van der Waals surface area contributed by atoms with Gasteiger partial charge in [0.1, 0.15) is 5.69 Å². The van der Waals surface area contributed by atoms with Crippen molar-refractivity contribution in [2.24, 2.45) is 0 Å². The fourth-order valence-corrected chi connectivity index (χ4v) is 1.84. The van der Waals surface area contributed by atoms with Gasteiger partial charge < -0.3 is 5.21 Å². The quantitative estimate of drug-likeness (QED) is 0.395. The van der Waals surface area contributed by atoms with Gasteiger partial charge in [-0.15, -0.1) is 0 Å². The van der Waals surface area contributed by atoms with Crippen LogP contribution in [0.25, 0.3) is 11.4 Å². The molecular weight excluding hydrogens is 250 g/mol. The molecule has 0 atom stereocenters. The van der Waals surface area contributed by atoms with Crippen molar-refractivity contribution in [2.75, 3.05) is 0 Å². The van der Waals surface area contributed by atoms with Crippen LogP contribution < -0.4 is 0 Å². The zero-order valence-electron chi connectivity index (χ0n) is 10.3. The number of carbonyl (C=O) groups is 1. The van der Waals surface area contributed by atoms with Crippen molar-refractivity contribution >= 4 is 11.5 Å². The summed E-state index contributed by atoms with van der Waals surface area (Å²) in [5.74, 6) is -0.127. The minimum absolute atomic E-state index is 0.0525. The molecule has 0 saturated heterocycles. The van der Waals surface area contributed by atoms with Crippen LogP contribution in [0.1, 0.15) is 23.1 Å². The lowest BCUT2D eigenvalue weighted by atomic mass is 10.2. The number of hydrogen-bond donors (Lipinski definition) is 1. The molecule has 1 heterocycles. The normalized spacial score (nSPS) is 10.4. The van der Waals surface area contributed by atoms with Crippen LogP contribution in [0.3, 0.4) is 0 Å². The highest BCUT2D eigenvalue weighted by Crippen LogP contribution is 2.23. The second-order valence-corrected chi connectivity index (χ2v) is 4.04. The Balaban J connectivity index is 2.51. The Morgan fingerprint density at radius 2 is 1.95 bits per heavy atom. The van der Waals surface area contributed by atoms with Crippen molar-refractivity contribution in [1.82, 2.24) is 9.71 Å². The number of rotatable bonds is 3. The van der Waals surface area contributed by atoms with Crippen LogP contribution in [-0.2, 0) is 0 Å². The van der Waals surface area contributed by atoms with Gasteiger partial charge >= 0.3 is 0 Å². The van der Waals surface area contributed by atoms with E-state index in [-0.39, 0.29) is 23.0 Å². The number of non-ortho nitro benzene ring substituents is 1. The average Bonchev–Trinajstić information content (AvgIpc) is 2.65. The molecule has 7 nitrogen and oxygen atoms in total. The summed E-state index contributed by atoms with van der Waals surface area (Å²) in [6, 6.07) is 5.56. The molecule has 2 aromatic rings. The number of aryl methyl sites for hydroxylation is 1. The van der Waals surface area contributed by atoms with Crippen LogP contribution >= 0.6 is 0 Å². The second-order valence-electron chi connectivity index (χ2n) is 4.04. The van der Waals surface area contributed by atoms with Crippen molar-refractivity contribution in [3.63, 3.8) is 0 Å². The molecular formula is C12H11N3O4. The molecule has 0 unspecified atom stereocenters. The molecule has 98 valence electrons. The molecule has 0 fully saturated rings. The number of nitro groups is 1. The lowest BCUT2D eigenvalue weighted by Gasteiger charge is -2.02. The first kappa shape index (κ1) is 12.7. The predicted molar refractivity (Wildman–Crippen MR) is 66.2 cm³/mol. The number of aromatic nitrogens is 2. The molecule has 1 aromatic carbocycles. The molecule has 0 saturated carbocycles. The smallest absolute Gasteiger partial charge is 0.269 e. The van der Waals surface area contributed by atoms with Gasteiger partial charge in [0.05, 0.1) is 10.6 Å². The first-order valence-corrected chi connectivity index (χ1v) is 5.46. The summed E-state index contributed by atoms with van der Waals surface area (Å²) in [6.45, 7) is 2.94. The van der Waals surface area contributed by atoms with E-state index in [9.17, 15) is 20.1 Å². The van der Waals surface area contributed by atoms with E-state index in [0.29, 0.717) is 16.0 Å². The minimum atomic E-state index is -0.512. The van der Waals surface area contributed by atoms with Gasteiger partial charge in [-0.3, -0.25) is 14.9 Å². The van der Waals surface area contributed by atoms with E-state index in [1.165, 1.54) is 31.2 Å². The van der Waals surface area contributed by atoms with Gasteiger partial charge in [0.2, 0.25) is 0 Å². The second kappa shape index (κ2) is 4.52. The van der Waals surface area contributed by atoms with E-state index in [1.807, 2.05) is 0 Å². The van der Waals surface area contributed by atoms with Crippen LogP contribution in [0.15, 0.2) is 24.3 Å². The Labute approximate surface area is 108 Å².